The number of amides is 1. The molecule has 0 heterocycles. The number of ether oxygens (including phenoxy) is 1. The second kappa shape index (κ2) is 5.73. The van der Waals surface area contributed by atoms with Crippen molar-refractivity contribution in [3.63, 3.8) is 0 Å². The van der Waals surface area contributed by atoms with Gasteiger partial charge in [0.25, 0.3) is 5.91 Å². The number of carbonyl (C=O) groups excluding carboxylic acids is 1. The van der Waals surface area contributed by atoms with Crippen LogP contribution in [0.25, 0.3) is 0 Å². The zero-order valence-corrected chi connectivity index (χ0v) is 11.6. The van der Waals surface area contributed by atoms with Gasteiger partial charge < -0.3 is 15.2 Å². The molecule has 104 valence electrons. The summed E-state index contributed by atoms with van der Waals surface area (Å²) in [6.07, 6.45) is -0.691. The van der Waals surface area contributed by atoms with E-state index in [2.05, 4.69) is 5.32 Å². The largest absolute Gasteiger partial charge is 0.481 e. The molecule has 0 radical (unpaired) electrons. The first-order valence-corrected chi connectivity index (χ1v) is 6.01. The highest BCUT2D eigenvalue weighted by molar-refractivity contribution is 5.88. The molecule has 2 N–H and O–H groups in total. The lowest BCUT2D eigenvalue weighted by molar-refractivity contribution is -0.128. The van der Waals surface area contributed by atoms with Crippen molar-refractivity contribution in [2.75, 3.05) is 0 Å². The number of carboxylic acids is 1. The van der Waals surface area contributed by atoms with Crippen molar-refractivity contribution < 1.29 is 19.4 Å². The van der Waals surface area contributed by atoms with Gasteiger partial charge in [-0.3, -0.25) is 4.79 Å². The highest BCUT2D eigenvalue weighted by atomic mass is 16.5. The number of hydrogen-bond donors (Lipinski definition) is 2. The smallest absolute Gasteiger partial charge is 0.335 e. The number of aromatic carboxylic acids is 1. The van der Waals surface area contributed by atoms with Crippen molar-refractivity contribution in [1.82, 2.24) is 5.32 Å². The number of hydrogen-bond acceptors (Lipinski definition) is 3. The molecule has 0 aliphatic rings. The van der Waals surface area contributed by atoms with Crippen molar-refractivity contribution in [3.05, 3.63) is 29.8 Å². The average molecular weight is 265 g/mol. The van der Waals surface area contributed by atoms with Crippen LogP contribution in [0, 0.1) is 0 Å². The van der Waals surface area contributed by atoms with Crippen LogP contribution in [-0.2, 0) is 4.79 Å². The molecule has 0 saturated carbocycles. The molecule has 1 amide bonds. The minimum Gasteiger partial charge on any atom is -0.481 e. The van der Waals surface area contributed by atoms with E-state index in [1.807, 2.05) is 20.8 Å². The molecule has 0 saturated heterocycles. The Hall–Kier alpha value is -2.04. The first-order valence-electron chi connectivity index (χ1n) is 6.01. The van der Waals surface area contributed by atoms with E-state index in [-0.39, 0.29) is 17.0 Å². The third kappa shape index (κ3) is 4.99. The molecule has 5 heteroatoms. The maximum absolute atomic E-state index is 11.8. The molecular weight excluding hydrogens is 246 g/mol. The minimum atomic E-state index is -1.03. The molecule has 1 unspecified atom stereocenters. The van der Waals surface area contributed by atoms with Gasteiger partial charge in [-0.25, -0.2) is 4.79 Å². The van der Waals surface area contributed by atoms with Crippen molar-refractivity contribution in [3.8, 4) is 5.75 Å². The minimum absolute atomic E-state index is 0.126. The summed E-state index contributed by atoms with van der Waals surface area (Å²) in [5.41, 5.74) is -0.210. The summed E-state index contributed by atoms with van der Waals surface area (Å²) in [4.78, 5) is 22.7. The van der Waals surface area contributed by atoms with E-state index < -0.39 is 12.1 Å². The SMILES string of the molecule is CC(Oc1cccc(C(=O)O)c1)C(=O)NC(C)(C)C. The zero-order valence-electron chi connectivity index (χ0n) is 11.6. The molecule has 19 heavy (non-hydrogen) atoms. The van der Waals surface area contributed by atoms with Gasteiger partial charge in [-0.1, -0.05) is 6.07 Å². The van der Waals surface area contributed by atoms with Gasteiger partial charge in [0.1, 0.15) is 5.75 Å². The van der Waals surface area contributed by atoms with E-state index >= 15 is 0 Å². The Balaban J connectivity index is 2.71. The number of rotatable bonds is 4. The Bertz CT molecular complexity index is 477. The molecule has 1 aromatic rings. The fraction of sp³-hybridized carbons (Fsp3) is 0.429. The van der Waals surface area contributed by atoms with Crippen LogP contribution in [0.1, 0.15) is 38.1 Å². The summed E-state index contributed by atoms with van der Waals surface area (Å²) >= 11 is 0. The van der Waals surface area contributed by atoms with Gasteiger partial charge in [0.05, 0.1) is 5.56 Å². The molecule has 1 aromatic carbocycles. The summed E-state index contributed by atoms with van der Waals surface area (Å²) in [7, 11) is 0. The highest BCUT2D eigenvalue weighted by Crippen LogP contribution is 2.15. The highest BCUT2D eigenvalue weighted by Gasteiger charge is 2.20. The second-order valence-electron chi connectivity index (χ2n) is 5.33. The molecule has 0 spiro atoms. The number of benzene rings is 1. The fourth-order valence-electron chi connectivity index (χ4n) is 1.43. The zero-order chi connectivity index (χ0) is 14.6. The van der Waals surface area contributed by atoms with Crippen LogP contribution in [0.5, 0.6) is 5.75 Å². The Labute approximate surface area is 112 Å². The van der Waals surface area contributed by atoms with Gasteiger partial charge >= 0.3 is 5.97 Å². The lowest BCUT2D eigenvalue weighted by Gasteiger charge is -2.23. The summed E-state index contributed by atoms with van der Waals surface area (Å²) in [6, 6.07) is 6.05. The van der Waals surface area contributed by atoms with Crippen LogP contribution in [-0.4, -0.2) is 28.6 Å². The quantitative estimate of drug-likeness (QED) is 0.873. The summed E-state index contributed by atoms with van der Waals surface area (Å²) in [5.74, 6) is -0.915. The predicted octanol–water partition coefficient (Wildman–Crippen LogP) is 2.07. The number of nitrogens with one attached hydrogen (secondary N) is 1. The maximum Gasteiger partial charge on any atom is 0.335 e. The Morgan fingerprint density at radius 1 is 1.32 bits per heavy atom. The van der Waals surface area contributed by atoms with Crippen LogP contribution < -0.4 is 10.1 Å². The fourth-order valence-corrected chi connectivity index (χ4v) is 1.43. The lowest BCUT2D eigenvalue weighted by Crippen LogP contribution is -2.46. The average Bonchev–Trinajstić information content (AvgIpc) is 2.27. The molecule has 0 aliphatic carbocycles. The van der Waals surface area contributed by atoms with E-state index in [1.165, 1.54) is 12.1 Å². The number of carbonyl (C=O) groups is 2. The Kier molecular flexibility index (Phi) is 4.53. The lowest BCUT2D eigenvalue weighted by atomic mass is 10.1. The maximum atomic E-state index is 11.8. The molecule has 5 nitrogen and oxygen atoms in total. The first kappa shape index (κ1) is 15.0. The standard InChI is InChI=1S/C14H19NO4/c1-9(12(16)15-14(2,3)4)19-11-7-5-6-10(8-11)13(17)18/h5-9H,1-4H3,(H,15,16)(H,17,18). The number of carboxylic acid groups (broad SMARTS) is 1. The summed E-state index contributed by atoms with van der Waals surface area (Å²) in [6.45, 7) is 7.25. The van der Waals surface area contributed by atoms with E-state index in [0.29, 0.717) is 5.75 Å². The van der Waals surface area contributed by atoms with Crippen LogP contribution >= 0.6 is 0 Å². The topological polar surface area (TPSA) is 75.6 Å². The third-order valence-corrected chi connectivity index (χ3v) is 2.26. The molecule has 0 aromatic heterocycles. The van der Waals surface area contributed by atoms with Gasteiger partial charge in [-0.15, -0.1) is 0 Å². The summed E-state index contributed by atoms with van der Waals surface area (Å²) in [5, 5.41) is 11.7. The van der Waals surface area contributed by atoms with Gasteiger partial charge in [0.15, 0.2) is 6.10 Å². The Morgan fingerprint density at radius 3 is 2.47 bits per heavy atom. The Morgan fingerprint density at radius 2 is 1.95 bits per heavy atom. The predicted molar refractivity (Wildman–Crippen MR) is 71.4 cm³/mol. The van der Waals surface area contributed by atoms with Crippen molar-refractivity contribution in [1.29, 1.82) is 0 Å². The normalized spacial score (nSPS) is 12.6. The summed E-state index contributed by atoms with van der Waals surface area (Å²) < 4.78 is 5.44. The molecule has 1 rings (SSSR count). The van der Waals surface area contributed by atoms with Crippen LogP contribution in [0.2, 0.25) is 0 Å². The van der Waals surface area contributed by atoms with E-state index in [9.17, 15) is 9.59 Å². The van der Waals surface area contributed by atoms with Gasteiger partial charge in [-0.2, -0.15) is 0 Å². The third-order valence-electron chi connectivity index (χ3n) is 2.26. The molecule has 0 fully saturated rings. The van der Waals surface area contributed by atoms with Crippen LogP contribution in [0.4, 0.5) is 0 Å². The van der Waals surface area contributed by atoms with Crippen molar-refractivity contribution >= 4 is 11.9 Å². The first-order chi connectivity index (χ1) is 8.69. The van der Waals surface area contributed by atoms with Crippen LogP contribution in [0.3, 0.4) is 0 Å². The second-order valence-corrected chi connectivity index (χ2v) is 5.33. The van der Waals surface area contributed by atoms with Crippen molar-refractivity contribution in [2.45, 2.75) is 39.3 Å². The molecule has 1 atom stereocenters. The van der Waals surface area contributed by atoms with Crippen LogP contribution in [0.15, 0.2) is 24.3 Å². The monoisotopic (exact) mass is 265 g/mol. The van der Waals surface area contributed by atoms with Gasteiger partial charge in [0, 0.05) is 5.54 Å². The van der Waals surface area contributed by atoms with E-state index in [1.54, 1.807) is 19.1 Å². The van der Waals surface area contributed by atoms with E-state index in [0.717, 1.165) is 0 Å². The van der Waals surface area contributed by atoms with E-state index in [4.69, 9.17) is 9.84 Å². The molecular formula is C14H19NO4. The van der Waals surface area contributed by atoms with Crippen molar-refractivity contribution in [2.24, 2.45) is 0 Å². The molecule has 0 aliphatic heterocycles. The molecule has 0 bridgehead atoms. The van der Waals surface area contributed by atoms with Gasteiger partial charge in [0.2, 0.25) is 0 Å². The van der Waals surface area contributed by atoms with Gasteiger partial charge in [-0.05, 0) is 45.9 Å².